The number of hydrogen-bond acceptors (Lipinski definition) is 2. The van der Waals surface area contributed by atoms with E-state index in [9.17, 15) is 4.79 Å². The highest BCUT2D eigenvalue weighted by Gasteiger charge is 2.07. The number of unbranched alkanes of at least 4 members (excludes halogenated alkanes) is 1. The second-order valence-electron chi connectivity index (χ2n) is 4.12. The lowest BCUT2D eigenvalue weighted by atomic mass is 10.0. The quantitative estimate of drug-likeness (QED) is 0.721. The maximum atomic E-state index is 10.8. The zero-order valence-corrected chi connectivity index (χ0v) is 9.98. The molecule has 0 radical (unpaired) electrons. The molecular formula is C15H16O2. The molecular weight excluding hydrogens is 212 g/mol. The van der Waals surface area contributed by atoms with Crippen LogP contribution in [0.25, 0.3) is 11.1 Å². The first-order chi connectivity index (χ1) is 8.35. The maximum absolute atomic E-state index is 10.8. The van der Waals surface area contributed by atoms with E-state index in [0.717, 1.165) is 23.8 Å². The summed E-state index contributed by atoms with van der Waals surface area (Å²) in [6.07, 6.45) is 5.83. The number of benzene rings is 1. The van der Waals surface area contributed by atoms with Crippen LogP contribution in [0.2, 0.25) is 0 Å². The number of furan rings is 1. The minimum Gasteiger partial charge on any atom is -0.461 e. The molecule has 0 aliphatic rings. The van der Waals surface area contributed by atoms with Crippen molar-refractivity contribution < 1.29 is 9.21 Å². The fourth-order valence-electron chi connectivity index (χ4n) is 1.88. The molecule has 0 saturated heterocycles. The molecule has 0 saturated carbocycles. The summed E-state index contributed by atoms with van der Waals surface area (Å²) >= 11 is 0. The van der Waals surface area contributed by atoms with Crippen molar-refractivity contribution in [2.45, 2.75) is 26.2 Å². The second kappa shape index (κ2) is 5.48. The van der Waals surface area contributed by atoms with E-state index in [1.54, 1.807) is 6.26 Å². The van der Waals surface area contributed by atoms with Gasteiger partial charge in [0.25, 0.3) is 0 Å². The van der Waals surface area contributed by atoms with Gasteiger partial charge in [-0.25, -0.2) is 0 Å². The average Bonchev–Trinajstić information content (AvgIpc) is 2.85. The molecule has 0 amide bonds. The number of aldehydes is 1. The van der Waals surface area contributed by atoms with Crippen LogP contribution < -0.4 is 0 Å². The highest BCUT2D eigenvalue weighted by molar-refractivity contribution is 5.84. The van der Waals surface area contributed by atoms with Gasteiger partial charge in [-0.1, -0.05) is 37.6 Å². The molecule has 2 aromatic rings. The molecule has 0 unspecified atom stereocenters. The number of carbonyl (C=O) groups is 1. The van der Waals surface area contributed by atoms with E-state index in [2.05, 4.69) is 19.1 Å². The van der Waals surface area contributed by atoms with E-state index in [1.807, 2.05) is 18.2 Å². The van der Waals surface area contributed by atoms with Crippen LogP contribution in [-0.4, -0.2) is 6.29 Å². The highest BCUT2D eigenvalue weighted by Crippen LogP contribution is 2.24. The smallest absolute Gasteiger partial charge is 0.185 e. The van der Waals surface area contributed by atoms with Crippen LogP contribution in [0.3, 0.4) is 0 Å². The lowest BCUT2D eigenvalue weighted by Crippen LogP contribution is -1.86. The lowest BCUT2D eigenvalue weighted by molar-refractivity contribution is 0.110. The third-order valence-corrected chi connectivity index (χ3v) is 2.89. The predicted octanol–water partition coefficient (Wildman–Crippen LogP) is 4.10. The summed E-state index contributed by atoms with van der Waals surface area (Å²) in [4.78, 5) is 10.8. The van der Waals surface area contributed by atoms with E-state index in [1.165, 1.54) is 18.4 Å². The molecule has 1 aromatic carbocycles. The van der Waals surface area contributed by atoms with E-state index >= 15 is 0 Å². The van der Waals surface area contributed by atoms with Gasteiger partial charge in [-0.05, 0) is 30.0 Å². The van der Waals surface area contributed by atoms with Gasteiger partial charge in [0, 0.05) is 5.56 Å². The van der Waals surface area contributed by atoms with Gasteiger partial charge in [-0.3, -0.25) is 4.79 Å². The van der Waals surface area contributed by atoms with Crippen molar-refractivity contribution in [2.24, 2.45) is 0 Å². The zero-order valence-electron chi connectivity index (χ0n) is 9.98. The van der Waals surface area contributed by atoms with Crippen LogP contribution in [0.15, 0.2) is 41.0 Å². The molecule has 0 N–H and O–H groups in total. The molecule has 1 aromatic heterocycles. The lowest BCUT2D eigenvalue weighted by Gasteiger charge is -2.02. The second-order valence-corrected chi connectivity index (χ2v) is 4.12. The van der Waals surface area contributed by atoms with Crippen molar-refractivity contribution in [1.82, 2.24) is 0 Å². The number of carbonyl (C=O) groups excluding carboxylic acids is 1. The van der Waals surface area contributed by atoms with Crippen LogP contribution in [0.5, 0.6) is 0 Å². The zero-order chi connectivity index (χ0) is 12.1. The molecule has 0 fully saturated rings. The summed E-state index contributed by atoms with van der Waals surface area (Å²) in [6.45, 7) is 2.19. The standard InChI is InChI=1S/C15H16O2/c1-2-3-4-12-5-7-13(8-6-12)14-9-10-17-15(14)11-16/h5-11H,2-4H2,1H3. The van der Waals surface area contributed by atoms with Crippen LogP contribution in [0.1, 0.15) is 35.9 Å². The molecule has 0 aliphatic heterocycles. The van der Waals surface area contributed by atoms with E-state index in [-0.39, 0.29) is 0 Å². The van der Waals surface area contributed by atoms with Crippen LogP contribution in [-0.2, 0) is 6.42 Å². The summed E-state index contributed by atoms with van der Waals surface area (Å²) < 4.78 is 5.10. The Morgan fingerprint density at radius 2 is 1.94 bits per heavy atom. The van der Waals surface area contributed by atoms with E-state index in [4.69, 9.17) is 4.42 Å². The fraction of sp³-hybridized carbons (Fsp3) is 0.267. The molecule has 0 bridgehead atoms. The topological polar surface area (TPSA) is 30.2 Å². The Bertz CT molecular complexity index is 480. The van der Waals surface area contributed by atoms with Gasteiger partial charge in [0.2, 0.25) is 0 Å². The fourth-order valence-corrected chi connectivity index (χ4v) is 1.88. The molecule has 0 atom stereocenters. The van der Waals surface area contributed by atoms with Crippen molar-refractivity contribution in [3.63, 3.8) is 0 Å². The number of rotatable bonds is 5. The summed E-state index contributed by atoms with van der Waals surface area (Å²) in [7, 11) is 0. The third-order valence-electron chi connectivity index (χ3n) is 2.89. The van der Waals surface area contributed by atoms with Crippen LogP contribution >= 0.6 is 0 Å². The average molecular weight is 228 g/mol. The summed E-state index contributed by atoms with van der Waals surface area (Å²) in [5, 5.41) is 0. The Balaban J connectivity index is 2.20. The summed E-state index contributed by atoms with van der Waals surface area (Å²) in [6, 6.07) is 10.1. The maximum Gasteiger partial charge on any atom is 0.185 e. The molecule has 1 heterocycles. The molecule has 0 aliphatic carbocycles. The minimum absolute atomic E-state index is 0.395. The van der Waals surface area contributed by atoms with Gasteiger partial charge < -0.3 is 4.42 Å². The largest absolute Gasteiger partial charge is 0.461 e. The molecule has 0 spiro atoms. The first-order valence-electron chi connectivity index (χ1n) is 5.97. The van der Waals surface area contributed by atoms with E-state index < -0.39 is 0 Å². The van der Waals surface area contributed by atoms with Crippen molar-refractivity contribution in [3.8, 4) is 11.1 Å². The predicted molar refractivity (Wildman–Crippen MR) is 68.1 cm³/mol. The summed E-state index contributed by atoms with van der Waals surface area (Å²) in [5.41, 5.74) is 3.23. The van der Waals surface area contributed by atoms with Crippen molar-refractivity contribution in [3.05, 3.63) is 47.9 Å². The Labute approximate surface area is 101 Å². The Morgan fingerprint density at radius 3 is 2.59 bits per heavy atom. The monoisotopic (exact) mass is 228 g/mol. The van der Waals surface area contributed by atoms with Crippen molar-refractivity contribution in [1.29, 1.82) is 0 Å². The van der Waals surface area contributed by atoms with Gasteiger partial charge in [0.05, 0.1) is 6.26 Å². The molecule has 2 heteroatoms. The van der Waals surface area contributed by atoms with Gasteiger partial charge in [-0.15, -0.1) is 0 Å². The SMILES string of the molecule is CCCCc1ccc(-c2ccoc2C=O)cc1. The Morgan fingerprint density at radius 1 is 1.18 bits per heavy atom. The van der Waals surface area contributed by atoms with Crippen LogP contribution in [0.4, 0.5) is 0 Å². The minimum atomic E-state index is 0.395. The van der Waals surface area contributed by atoms with E-state index in [0.29, 0.717) is 5.76 Å². The van der Waals surface area contributed by atoms with Crippen molar-refractivity contribution >= 4 is 6.29 Å². The van der Waals surface area contributed by atoms with Gasteiger partial charge in [0.1, 0.15) is 0 Å². The van der Waals surface area contributed by atoms with Gasteiger partial charge in [-0.2, -0.15) is 0 Å². The summed E-state index contributed by atoms with van der Waals surface area (Å²) in [5.74, 6) is 0.395. The molecule has 2 nitrogen and oxygen atoms in total. The first kappa shape index (κ1) is 11.6. The Hall–Kier alpha value is -1.83. The molecule has 2 rings (SSSR count). The number of aryl methyl sites for hydroxylation is 1. The van der Waals surface area contributed by atoms with Gasteiger partial charge in [0.15, 0.2) is 12.0 Å². The number of hydrogen-bond donors (Lipinski definition) is 0. The normalized spacial score (nSPS) is 10.4. The van der Waals surface area contributed by atoms with Gasteiger partial charge >= 0.3 is 0 Å². The molecule has 88 valence electrons. The first-order valence-corrected chi connectivity index (χ1v) is 5.97. The van der Waals surface area contributed by atoms with Crippen molar-refractivity contribution in [2.75, 3.05) is 0 Å². The molecule has 17 heavy (non-hydrogen) atoms. The third kappa shape index (κ3) is 2.64. The van der Waals surface area contributed by atoms with Crippen LogP contribution in [0, 0.1) is 0 Å². The Kier molecular flexibility index (Phi) is 3.76. The highest BCUT2D eigenvalue weighted by atomic mass is 16.3.